The molecule has 35 heavy (non-hydrogen) atoms. The summed E-state index contributed by atoms with van der Waals surface area (Å²) in [4.78, 5) is 42.3. The quantitative estimate of drug-likeness (QED) is 0.648. The minimum absolute atomic E-state index is 0.213. The number of carbonyl (C=O) groups excluding carboxylic acids is 3. The van der Waals surface area contributed by atoms with E-state index in [9.17, 15) is 18.8 Å². The Labute approximate surface area is 201 Å². The Hall–Kier alpha value is -3.53. The van der Waals surface area contributed by atoms with Crippen molar-refractivity contribution in [3.05, 3.63) is 54.1 Å². The Morgan fingerprint density at radius 3 is 2.54 bits per heavy atom. The Kier molecular flexibility index (Phi) is 4.96. The summed E-state index contributed by atoms with van der Waals surface area (Å²) in [6.07, 6.45) is 3.42. The molecule has 2 fully saturated rings. The van der Waals surface area contributed by atoms with Crippen LogP contribution in [0.1, 0.15) is 33.5 Å². The Bertz CT molecular complexity index is 1270. The van der Waals surface area contributed by atoms with Crippen molar-refractivity contribution < 1.29 is 28.0 Å². The van der Waals surface area contributed by atoms with E-state index in [0.29, 0.717) is 5.76 Å². The fraction of sp³-hybridized carbons (Fsp3) is 0.440. The van der Waals surface area contributed by atoms with Crippen LogP contribution in [0, 0.1) is 24.6 Å². The van der Waals surface area contributed by atoms with Crippen LogP contribution in [0.5, 0.6) is 0 Å². The number of carbonyl (C=O) groups is 3. The highest BCUT2D eigenvalue weighted by atomic mass is 19.1. The highest BCUT2D eigenvalue weighted by molar-refractivity contribution is 6.11. The average molecular weight is 483 g/mol. The number of aromatic nitrogens is 1. The van der Waals surface area contributed by atoms with Crippen LogP contribution in [0.2, 0.25) is 0 Å². The molecule has 4 heterocycles. The molecule has 3 amide bonds. The number of rotatable bonds is 4. The van der Waals surface area contributed by atoms with Gasteiger partial charge in [-0.25, -0.2) is 4.39 Å². The average Bonchev–Trinajstić information content (AvgIpc) is 3.44. The van der Waals surface area contributed by atoms with Gasteiger partial charge in [-0.2, -0.15) is 0 Å². The second-order valence-electron chi connectivity index (χ2n) is 10.6. The van der Waals surface area contributed by atoms with E-state index in [1.165, 1.54) is 23.1 Å². The lowest BCUT2D eigenvalue weighted by Crippen LogP contribution is -2.58. The summed E-state index contributed by atoms with van der Waals surface area (Å²) in [5.74, 6) is -3.23. The molecular weight excluding hydrogens is 455 g/mol. The summed E-state index contributed by atoms with van der Waals surface area (Å²) >= 11 is 0. The van der Waals surface area contributed by atoms with Gasteiger partial charge in [0.15, 0.2) is 5.82 Å². The molecule has 3 aliphatic rings. The monoisotopic (exact) mass is 482 g/mol. The van der Waals surface area contributed by atoms with Gasteiger partial charge in [-0.05, 0) is 52.8 Å². The Morgan fingerprint density at radius 1 is 1.17 bits per heavy atom. The van der Waals surface area contributed by atoms with Crippen LogP contribution in [0.3, 0.4) is 0 Å². The molecule has 0 unspecified atom stereocenters. The van der Waals surface area contributed by atoms with E-state index in [-0.39, 0.29) is 11.5 Å². The number of ether oxygens (including phenoxy) is 1. The molecule has 1 aromatic heterocycles. The van der Waals surface area contributed by atoms with Crippen LogP contribution in [0.4, 0.5) is 15.9 Å². The molecule has 2 saturated heterocycles. The maximum Gasteiger partial charge on any atom is 0.246 e. The van der Waals surface area contributed by atoms with Crippen LogP contribution >= 0.6 is 0 Å². The summed E-state index contributed by atoms with van der Waals surface area (Å²) in [7, 11) is 0. The standard InChI is InChI=1S/C25H27FN4O5/c1-13-11-16(29-34-13)27-20(31)17-18-22(33)30(15-8-6-7-14(26)12-15)19(21(32)28-23(2,3)4)25(18)10-9-24(17,5)35-25/h6-12,17-19H,1-5H3,(H,28,32)(H,27,29,31)/t17-,18+,19-,24+,25-/m1/s1. The van der Waals surface area contributed by atoms with E-state index in [1.54, 1.807) is 38.1 Å². The van der Waals surface area contributed by atoms with Gasteiger partial charge in [0.1, 0.15) is 23.2 Å². The van der Waals surface area contributed by atoms with E-state index >= 15 is 0 Å². The van der Waals surface area contributed by atoms with Crippen LogP contribution in [0.25, 0.3) is 0 Å². The zero-order valence-electron chi connectivity index (χ0n) is 20.1. The number of aryl methyl sites for hydroxylation is 1. The maximum atomic E-state index is 14.2. The summed E-state index contributed by atoms with van der Waals surface area (Å²) in [6.45, 7) is 8.88. The zero-order valence-corrected chi connectivity index (χ0v) is 20.1. The van der Waals surface area contributed by atoms with Gasteiger partial charge < -0.3 is 19.9 Å². The van der Waals surface area contributed by atoms with Gasteiger partial charge in [0.05, 0.1) is 17.4 Å². The molecule has 5 rings (SSSR count). The fourth-order valence-corrected chi connectivity index (χ4v) is 5.51. The molecular formula is C25H27FN4O5. The van der Waals surface area contributed by atoms with Crippen molar-refractivity contribution in [2.24, 2.45) is 11.8 Å². The first-order chi connectivity index (χ1) is 16.3. The van der Waals surface area contributed by atoms with Gasteiger partial charge in [0, 0.05) is 17.3 Å². The molecule has 9 nitrogen and oxygen atoms in total. The lowest BCUT2D eigenvalue weighted by molar-refractivity contribution is -0.131. The normalized spacial score (nSPS) is 31.1. The number of hydrogen-bond donors (Lipinski definition) is 2. The number of amides is 3. The van der Waals surface area contributed by atoms with Crippen LogP contribution in [0.15, 0.2) is 47.0 Å². The van der Waals surface area contributed by atoms with E-state index in [4.69, 9.17) is 9.26 Å². The van der Waals surface area contributed by atoms with Crippen LogP contribution < -0.4 is 15.5 Å². The SMILES string of the molecule is Cc1cc(NC(=O)[C@H]2[C@H]3C(=O)N(c4cccc(F)c4)[C@H](C(=O)NC(C)(C)C)[C@@]34C=C[C@]2(C)O4)no1. The van der Waals surface area contributed by atoms with Crippen molar-refractivity contribution >= 4 is 29.2 Å². The number of nitrogens with zero attached hydrogens (tertiary/aromatic N) is 2. The number of anilines is 2. The van der Waals surface area contributed by atoms with Crippen molar-refractivity contribution in [1.29, 1.82) is 0 Å². The topological polar surface area (TPSA) is 114 Å². The van der Waals surface area contributed by atoms with E-state index in [0.717, 1.165) is 0 Å². The summed E-state index contributed by atoms with van der Waals surface area (Å²) < 4.78 is 25.6. The minimum atomic E-state index is -1.41. The lowest BCUT2D eigenvalue weighted by atomic mass is 9.70. The molecule has 5 atom stereocenters. The number of fused-ring (bicyclic) bond motifs is 1. The third-order valence-electron chi connectivity index (χ3n) is 6.69. The molecule has 2 bridgehead atoms. The highest BCUT2D eigenvalue weighted by Crippen LogP contribution is 2.60. The molecule has 3 aliphatic heterocycles. The lowest BCUT2D eigenvalue weighted by Gasteiger charge is -2.35. The predicted octanol–water partition coefficient (Wildman–Crippen LogP) is 2.72. The third kappa shape index (κ3) is 3.54. The zero-order chi connectivity index (χ0) is 25.3. The van der Waals surface area contributed by atoms with Crippen molar-refractivity contribution in [3.8, 4) is 0 Å². The van der Waals surface area contributed by atoms with Crippen molar-refractivity contribution in [3.63, 3.8) is 0 Å². The minimum Gasteiger partial charge on any atom is -0.360 e. The maximum absolute atomic E-state index is 14.2. The van der Waals surface area contributed by atoms with Crippen LogP contribution in [-0.2, 0) is 19.1 Å². The third-order valence-corrected chi connectivity index (χ3v) is 6.69. The highest BCUT2D eigenvalue weighted by Gasteiger charge is 2.76. The van der Waals surface area contributed by atoms with Gasteiger partial charge in [0.2, 0.25) is 17.7 Å². The van der Waals surface area contributed by atoms with Gasteiger partial charge in [-0.1, -0.05) is 23.4 Å². The van der Waals surface area contributed by atoms with Crippen molar-refractivity contribution in [2.45, 2.75) is 57.4 Å². The first-order valence-electron chi connectivity index (χ1n) is 11.4. The number of benzene rings is 1. The molecule has 1 spiro atoms. The molecule has 1 aromatic carbocycles. The van der Waals surface area contributed by atoms with Gasteiger partial charge in [-0.3, -0.25) is 19.3 Å². The van der Waals surface area contributed by atoms with Gasteiger partial charge >= 0.3 is 0 Å². The number of halogens is 1. The van der Waals surface area contributed by atoms with Gasteiger partial charge in [-0.15, -0.1) is 0 Å². The first-order valence-corrected chi connectivity index (χ1v) is 11.4. The van der Waals surface area contributed by atoms with Gasteiger partial charge in [0.25, 0.3) is 0 Å². The fourth-order valence-electron chi connectivity index (χ4n) is 5.51. The Balaban J connectivity index is 1.60. The smallest absolute Gasteiger partial charge is 0.246 e. The molecule has 2 N–H and O–H groups in total. The number of nitrogens with one attached hydrogen (secondary N) is 2. The summed E-state index contributed by atoms with van der Waals surface area (Å²) in [6, 6.07) is 5.89. The number of hydrogen-bond acceptors (Lipinski definition) is 6. The van der Waals surface area contributed by atoms with E-state index in [2.05, 4.69) is 15.8 Å². The molecule has 10 heteroatoms. The summed E-state index contributed by atoms with van der Waals surface area (Å²) in [5, 5.41) is 9.43. The summed E-state index contributed by atoms with van der Waals surface area (Å²) in [5.41, 5.74) is -2.93. The second-order valence-corrected chi connectivity index (χ2v) is 10.6. The molecule has 184 valence electrons. The first kappa shape index (κ1) is 23.2. The van der Waals surface area contributed by atoms with E-state index in [1.807, 2.05) is 20.8 Å². The van der Waals surface area contributed by atoms with Crippen molar-refractivity contribution in [2.75, 3.05) is 10.2 Å². The Morgan fingerprint density at radius 2 is 1.91 bits per heavy atom. The van der Waals surface area contributed by atoms with Crippen LogP contribution in [-0.4, -0.2) is 45.7 Å². The largest absolute Gasteiger partial charge is 0.360 e. The molecule has 0 saturated carbocycles. The molecule has 0 aliphatic carbocycles. The van der Waals surface area contributed by atoms with E-state index < -0.39 is 58.2 Å². The van der Waals surface area contributed by atoms with Crippen molar-refractivity contribution in [1.82, 2.24) is 10.5 Å². The molecule has 0 radical (unpaired) electrons. The second kappa shape index (κ2) is 7.48. The predicted molar refractivity (Wildman–Crippen MR) is 124 cm³/mol. The molecule has 2 aromatic rings.